The highest BCUT2D eigenvalue weighted by Gasteiger charge is 2.00. The highest BCUT2D eigenvalue weighted by molar-refractivity contribution is 5.80. The molecule has 0 saturated heterocycles. The summed E-state index contributed by atoms with van der Waals surface area (Å²) in [5.74, 6) is 0. The first-order valence-corrected chi connectivity index (χ1v) is 6.43. The predicted octanol–water partition coefficient (Wildman–Crippen LogP) is 4.64. The van der Waals surface area contributed by atoms with Crippen molar-refractivity contribution in [1.82, 2.24) is 4.57 Å². The molecule has 0 aliphatic heterocycles. The van der Waals surface area contributed by atoms with Gasteiger partial charge in [0.1, 0.15) is 0 Å². The number of hydrogen-bond donors (Lipinski definition) is 0. The van der Waals surface area contributed by atoms with E-state index in [1.165, 1.54) is 22.9 Å². The summed E-state index contributed by atoms with van der Waals surface area (Å²) in [5, 5.41) is 1.37. The SMILES string of the molecule is CC.CCCn1ccc2cc(CC)ccc21. The van der Waals surface area contributed by atoms with E-state index in [0.717, 1.165) is 13.0 Å². The van der Waals surface area contributed by atoms with Crippen molar-refractivity contribution in [1.29, 1.82) is 0 Å². The van der Waals surface area contributed by atoms with Crippen molar-refractivity contribution in [3.63, 3.8) is 0 Å². The van der Waals surface area contributed by atoms with E-state index in [1.54, 1.807) is 0 Å². The Morgan fingerprint density at radius 2 is 1.81 bits per heavy atom. The molecule has 0 N–H and O–H groups in total. The monoisotopic (exact) mass is 217 g/mol. The van der Waals surface area contributed by atoms with E-state index in [0.29, 0.717) is 0 Å². The molecule has 0 saturated carbocycles. The molecule has 1 heterocycles. The summed E-state index contributed by atoms with van der Waals surface area (Å²) in [6, 6.07) is 8.98. The first kappa shape index (κ1) is 12.8. The zero-order valence-corrected chi connectivity index (χ0v) is 11.0. The Kier molecular flexibility index (Phi) is 5.10. The predicted molar refractivity (Wildman–Crippen MR) is 73.0 cm³/mol. The summed E-state index contributed by atoms with van der Waals surface area (Å²) in [4.78, 5) is 0. The molecule has 0 aliphatic carbocycles. The quantitative estimate of drug-likeness (QED) is 0.706. The van der Waals surface area contributed by atoms with Gasteiger partial charge in [0, 0.05) is 18.3 Å². The lowest BCUT2D eigenvalue weighted by atomic mass is 10.1. The fraction of sp³-hybridized carbons (Fsp3) is 0.467. The van der Waals surface area contributed by atoms with Gasteiger partial charge in [-0.05, 0) is 42.0 Å². The molecule has 0 fully saturated rings. The molecular weight excluding hydrogens is 194 g/mol. The van der Waals surface area contributed by atoms with E-state index in [9.17, 15) is 0 Å². The molecule has 0 radical (unpaired) electrons. The first-order valence-electron chi connectivity index (χ1n) is 6.43. The molecule has 1 nitrogen and oxygen atoms in total. The Labute approximate surface area is 99.1 Å². The molecule has 0 spiro atoms. The number of nitrogens with zero attached hydrogens (tertiary/aromatic N) is 1. The molecule has 0 unspecified atom stereocenters. The molecule has 0 aliphatic rings. The Hall–Kier alpha value is -1.24. The lowest BCUT2D eigenvalue weighted by molar-refractivity contribution is 0.703. The second-order valence-corrected chi connectivity index (χ2v) is 3.76. The van der Waals surface area contributed by atoms with Gasteiger partial charge in [-0.15, -0.1) is 0 Å². The van der Waals surface area contributed by atoms with Crippen LogP contribution >= 0.6 is 0 Å². The third-order valence-corrected chi connectivity index (χ3v) is 2.71. The normalized spacial score (nSPS) is 10.0. The van der Waals surface area contributed by atoms with Gasteiger partial charge in [-0.25, -0.2) is 0 Å². The summed E-state index contributed by atoms with van der Waals surface area (Å²) in [7, 11) is 0. The van der Waals surface area contributed by atoms with Gasteiger partial charge in [-0.3, -0.25) is 0 Å². The maximum absolute atomic E-state index is 2.33. The molecule has 2 rings (SSSR count). The van der Waals surface area contributed by atoms with E-state index in [2.05, 4.69) is 48.9 Å². The fourth-order valence-corrected chi connectivity index (χ4v) is 1.91. The van der Waals surface area contributed by atoms with Crippen molar-refractivity contribution in [3.05, 3.63) is 36.0 Å². The minimum atomic E-state index is 1.12. The topological polar surface area (TPSA) is 4.93 Å². The highest BCUT2D eigenvalue weighted by Crippen LogP contribution is 2.18. The van der Waals surface area contributed by atoms with Crippen LogP contribution in [0.15, 0.2) is 30.5 Å². The van der Waals surface area contributed by atoms with E-state index in [4.69, 9.17) is 0 Å². The molecule has 0 amide bonds. The zero-order chi connectivity index (χ0) is 12.0. The summed E-state index contributed by atoms with van der Waals surface area (Å²) in [6.07, 6.45) is 4.50. The van der Waals surface area contributed by atoms with Crippen LogP contribution in [0, 0.1) is 0 Å². The average Bonchev–Trinajstić information content (AvgIpc) is 2.75. The van der Waals surface area contributed by atoms with Gasteiger partial charge in [-0.2, -0.15) is 0 Å². The molecule has 0 atom stereocenters. The molecule has 1 aromatic carbocycles. The lowest BCUT2D eigenvalue weighted by Crippen LogP contribution is -1.93. The molecule has 88 valence electrons. The maximum Gasteiger partial charge on any atom is 0.0480 e. The van der Waals surface area contributed by atoms with Crippen LogP contribution in [0.25, 0.3) is 10.9 Å². The third-order valence-electron chi connectivity index (χ3n) is 2.71. The van der Waals surface area contributed by atoms with Crippen molar-refractivity contribution in [3.8, 4) is 0 Å². The van der Waals surface area contributed by atoms with Gasteiger partial charge >= 0.3 is 0 Å². The summed E-state index contributed by atoms with van der Waals surface area (Å²) in [6.45, 7) is 9.53. The first-order chi connectivity index (χ1) is 7.85. The van der Waals surface area contributed by atoms with Gasteiger partial charge in [0.2, 0.25) is 0 Å². The second-order valence-electron chi connectivity index (χ2n) is 3.76. The Morgan fingerprint density at radius 3 is 2.44 bits per heavy atom. The van der Waals surface area contributed by atoms with E-state index in [1.807, 2.05) is 13.8 Å². The Bertz CT molecular complexity index is 426. The Morgan fingerprint density at radius 1 is 1.06 bits per heavy atom. The third kappa shape index (κ3) is 2.66. The van der Waals surface area contributed by atoms with Crippen LogP contribution < -0.4 is 0 Å². The van der Waals surface area contributed by atoms with Crippen molar-refractivity contribution in [2.75, 3.05) is 0 Å². The number of fused-ring (bicyclic) bond motifs is 1. The van der Waals surface area contributed by atoms with Crippen molar-refractivity contribution < 1.29 is 0 Å². The van der Waals surface area contributed by atoms with Crippen LogP contribution in [0.5, 0.6) is 0 Å². The van der Waals surface area contributed by atoms with Crippen LogP contribution in [-0.2, 0) is 13.0 Å². The number of benzene rings is 1. The largest absolute Gasteiger partial charge is 0.347 e. The standard InChI is InChI=1S/C13H17N.C2H6/c1-3-8-14-9-7-12-10-11(4-2)5-6-13(12)14;1-2/h5-7,9-10H,3-4,8H2,1-2H3;1-2H3. The van der Waals surface area contributed by atoms with Crippen LogP contribution in [0.1, 0.15) is 39.7 Å². The van der Waals surface area contributed by atoms with Crippen molar-refractivity contribution >= 4 is 10.9 Å². The van der Waals surface area contributed by atoms with E-state index < -0.39 is 0 Å². The van der Waals surface area contributed by atoms with E-state index >= 15 is 0 Å². The number of aromatic nitrogens is 1. The van der Waals surface area contributed by atoms with Crippen molar-refractivity contribution in [2.45, 2.75) is 47.1 Å². The smallest absolute Gasteiger partial charge is 0.0480 e. The molecule has 1 heteroatoms. The average molecular weight is 217 g/mol. The lowest BCUT2D eigenvalue weighted by Gasteiger charge is -2.03. The fourth-order valence-electron chi connectivity index (χ4n) is 1.91. The van der Waals surface area contributed by atoms with E-state index in [-0.39, 0.29) is 0 Å². The van der Waals surface area contributed by atoms with Crippen LogP contribution in [0.4, 0.5) is 0 Å². The molecule has 2 aromatic rings. The molecule has 0 bridgehead atoms. The van der Waals surface area contributed by atoms with Gasteiger partial charge in [0.05, 0.1) is 0 Å². The van der Waals surface area contributed by atoms with Crippen LogP contribution in [-0.4, -0.2) is 4.57 Å². The minimum absolute atomic E-state index is 1.12. The van der Waals surface area contributed by atoms with Gasteiger partial charge < -0.3 is 4.57 Å². The number of rotatable bonds is 3. The van der Waals surface area contributed by atoms with Gasteiger partial charge in [0.25, 0.3) is 0 Å². The maximum atomic E-state index is 2.33. The van der Waals surface area contributed by atoms with Gasteiger partial charge in [0.15, 0.2) is 0 Å². The summed E-state index contributed by atoms with van der Waals surface area (Å²) in [5.41, 5.74) is 2.79. The molecule has 1 aromatic heterocycles. The minimum Gasteiger partial charge on any atom is -0.347 e. The molecule has 16 heavy (non-hydrogen) atoms. The Balaban J connectivity index is 0.000000606. The summed E-state index contributed by atoms with van der Waals surface area (Å²) < 4.78 is 2.33. The number of aryl methyl sites for hydroxylation is 2. The van der Waals surface area contributed by atoms with Gasteiger partial charge in [-0.1, -0.05) is 33.8 Å². The van der Waals surface area contributed by atoms with Crippen LogP contribution in [0.2, 0.25) is 0 Å². The second kappa shape index (κ2) is 6.37. The highest BCUT2D eigenvalue weighted by atomic mass is 14.9. The molecular formula is C15H23N. The van der Waals surface area contributed by atoms with Crippen LogP contribution in [0.3, 0.4) is 0 Å². The number of hydrogen-bond acceptors (Lipinski definition) is 0. The zero-order valence-electron chi connectivity index (χ0n) is 11.0. The van der Waals surface area contributed by atoms with Crippen molar-refractivity contribution in [2.24, 2.45) is 0 Å². The summed E-state index contributed by atoms with van der Waals surface area (Å²) >= 11 is 0.